The zero-order chi connectivity index (χ0) is 24.1. The van der Waals surface area contributed by atoms with Crippen molar-refractivity contribution in [2.24, 2.45) is 0 Å². The van der Waals surface area contributed by atoms with E-state index >= 15 is 0 Å². The zero-order valence-corrected chi connectivity index (χ0v) is 18.1. The van der Waals surface area contributed by atoms with Gasteiger partial charge in [-0.1, -0.05) is 43.0 Å². The molecule has 0 heterocycles. The lowest BCUT2D eigenvalue weighted by atomic mass is 9.92. The van der Waals surface area contributed by atoms with E-state index in [4.69, 9.17) is 10.1 Å². The Kier molecular flexibility index (Phi) is 6.83. The van der Waals surface area contributed by atoms with Crippen LogP contribution in [0.3, 0.4) is 0 Å². The molecule has 7 heteroatoms. The summed E-state index contributed by atoms with van der Waals surface area (Å²) in [6.07, 6.45) is 1.59. The first-order valence-electron chi connectivity index (χ1n) is 9.94. The molecule has 0 atom stereocenters. The Bertz CT molecular complexity index is 1280. The van der Waals surface area contributed by atoms with Crippen LogP contribution in [0.4, 0.5) is 5.69 Å². The molecule has 0 bridgehead atoms. The molecule has 0 unspecified atom stereocenters. The molecule has 7 nitrogen and oxygen atoms in total. The van der Waals surface area contributed by atoms with Gasteiger partial charge < -0.3 is 20.6 Å². The van der Waals surface area contributed by atoms with E-state index < -0.39 is 17.8 Å². The molecule has 1 amide bonds. The number of ether oxygens (including phenoxy) is 1. The van der Waals surface area contributed by atoms with E-state index in [1.165, 1.54) is 25.3 Å². The number of amides is 1. The summed E-state index contributed by atoms with van der Waals surface area (Å²) in [5.41, 5.74) is 3.41. The minimum Gasteiger partial charge on any atom is -0.478 e. The number of nitrogens with one attached hydrogen (secondary N) is 2. The third-order valence-corrected chi connectivity index (χ3v) is 5.06. The number of carboxylic acid groups (broad SMARTS) is 1. The van der Waals surface area contributed by atoms with Crippen LogP contribution in [0.1, 0.15) is 49.1 Å². The van der Waals surface area contributed by atoms with Crippen LogP contribution in [0.25, 0.3) is 17.2 Å². The van der Waals surface area contributed by atoms with Crippen molar-refractivity contribution in [1.82, 2.24) is 0 Å². The highest BCUT2D eigenvalue weighted by Crippen LogP contribution is 2.31. The van der Waals surface area contributed by atoms with Gasteiger partial charge in [0.2, 0.25) is 0 Å². The lowest BCUT2D eigenvalue weighted by Crippen LogP contribution is -2.15. The summed E-state index contributed by atoms with van der Waals surface area (Å²) in [6, 6.07) is 16.0. The van der Waals surface area contributed by atoms with Crippen LogP contribution in [-0.4, -0.2) is 35.8 Å². The van der Waals surface area contributed by atoms with E-state index in [0.717, 1.165) is 5.56 Å². The first-order valence-corrected chi connectivity index (χ1v) is 9.94. The number of benzene rings is 3. The average molecular weight is 442 g/mol. The summed E-state index contributed by atoms with van der Waals surface area (Å²) in [5.74, 6) is -2.33. The van der Waals surface area contributed by atoms with Crippen LogP contribution in [0.2, 0.25) is 0 Å². The molecule has 166 valence electrons. The van der Waals surface area contributed by atoms with Crippen molar-refractivity contribution in [3.05, 3.63) is 95.1 Å². The van der Waals surface area contributed by atoms with Crippen molar-refractivity contribution >= 4 is 35.3 Å². The molecular weight excluding hydrogens is 420 g/mol. The lowest BCUT2D eigenvalue weighted by molar-refractivity contribution is 0.0601. The van der Waals surface area contributed by atoms with Gasteiger partial charge in [0.25, 0.3) is 5.91 Å². The molecule has 0 spiro atoms. The first kappa shape index (κ1) is 23.1. The van der Waals surface area contributed by atoms with Crippen LogP contribution < -0.4 is 5.32 Å². The Hall–Kier alpha value is -4.52. The highest BCUT2D eigenvalue weighted by atomic mass is 16.5. The number of rotatable bonds is 7. The summed E-state index contributed by atoms with van der Waals surface area (Å²) in [7, 11) is 1.20. The number of hydrogen-bond donors (Lipinski definition) is 3. The Morgan fingerprint density at radius 2 is 1.55 bits per heavy atom. The second-order valence-corrected chi connectivity index (χ2v) is 7.22. The van der Waals surface area contributed by atoms with Crippen LogP contribution >= 0.6 is 0 Å². The van der Waals surface area contributed by atoms with Crippen molar-refractivity contribution < 1.29 is 24.2 Å². The number of carbonyl (C=O) groups is 3. The van der Waals surface area contributed by atoms with Crippen molar-refractivity contribution in [2.75, 3.05) is 12.4 Å². The highest BCUT2D eigenvalue weighted by Gasteiger charge is 2.21. The van der Waals surface area contributed by atoms with E-state index in [1.54, 1.807) is 55.5 Å². The number of methoxy groups -OCH3 is 1. The van der Waals surface area contributed by atoms with Gasteiger partial charge in [-0.15, -0.1) is 0 Å². The van der Waals surface area contributed by atoms with Gasteiger partial charge in [0.05, 0.1) is 18.2 Å². The summed E-state index contributed by atoms with van der Waals surface area (Å²) >= 11 is 0. The van der Waals surface area contributed by atoms with Crippen molar-refractivity contribution in [3.63, 3.8) is 0 Å². The van der Waals surface area contributed by atoms with E-state index in [2.05, 4.69) is 11.9 Å². The van der Waals surface area contributed by atoms with Gasteiger partial charge >= 0.3 is 11.9 Å². The molecule has 3 N–H and O–H groups in total. The molecule has 0 fully saturated rings. The second kappa shape index (κ2) is 9.74. The van der Waals surface area contributed by atoms with Gasteiger partial charge in [0.15, 0.2) is 0 Å². The molecule has 0 aromatic heterocycles. The smallest absolute Gasteiger partial charge is 0.338 e. The van der Waals surface area contributed by atoms with Crippen molar-refractivity contribution in [1.29, 1.82) is 5.41 Å². The number of esters is 1. The Morgan fingerprint density at radius 3 is 2.12 bits per heavy atom. The zero-order valence-electron chi connectivity index (χ0n) is 18.1. The summed E-state index contributed by atoms with van der Waals surface area (Å²) < 4.78 is 4.84. The predicted molar refractivity (Wildman–Crippen MR) is 127 cm³/mol. The lowest BCUT2D eigenvalue weighted by Gasteiger charge is -2.15. The van der Waals surface area contributed by atoms with Gasteiger partial charge in [-0.25, -0.2) is 9.59 Å². The number of carboxylic acids is 1. The normalized spacial score (nSPS) is 10.2. The Balaban J connectivity index is 2.10. The molecule has 0 aliphatic rings. The molecule has 3 rings (SSSR count). The molecule has 0 radical (unpaired) electrons. The fourth-order valence-electron chi connectivity index (χ4n) is 3.30. The standard InChI is InChI=1S/C26H22N2O5/c1-4-16-5-11-20(21-12-8-18(25(30)31)14-23(21)26(32)33-3)22(13-16)24(29)28-19-9-6-17(7-10-19)15(2)27/h4-14,27H,1H2,2-3H3,(H,28,29)(H,30,31). The molecular formula is C26H22N2O5. The van der Waals surface area contributed by atoms with E-state index in [9.17, 15) is 19.5 Å². The number of aromatic carboxylic acids is 1. The molecule has 0 saturated carbocycles. The van der Waals surface area contributed by atoms with Crippen LogP contribution in [0.5, 0.6) is 0 Å². The van der Waals surface area contributed by atoms with Crippen LogP contribution in [0, 0.1) is 5.41 Å². The summed E-state index contributed by atoms with van der Waals surface area (Å²) in [4.78, 5) is 37.0. The number of hydrogen-bond acceptors (Lipinski definition) is 5. The third-order valence-electron chi connectivity index (χ3n) is 5.06. The summed E-state index contributed by atoms with van der Waals surface area (Å²) in [5, 5.41) is 19.8. The van der Waals surface area contributed by atoms with Crippen LogP contribution in [0.15, 0.2) is 67.2 Å². The minimum absolute atomic E-state index is 0.0311. The predicted octanol–water partition coefficient (Wildman–Crippen LogP) is 5.12. The molecule has 3 aromatic carbocycles. The summed E-state index contributed by atoms with van der Waals surface area (Å²) in [6.45, 7) is 5.42. The van der Waals surface area contributed by atoms with Gasteiger partial charge in [-0.3, -0.25) is 4.79 Å². The quantitative estimate of drug-likeness (QED) is 0.347. The van der Waals surface area contributed by atoms with Gasteiger partial charge in [0.1, 0.15) is 0 Å². The molecule has 33 heavy (non-hydrogen) atoms. The second-order valence-electron chi connectivity index (χ2n) is 7.22. The SMILES string of the molecule is C=Cc1ccc(-c2ccc(C(=O)O)cc2C(=O)OC)c(C(=O)Nc2ccc(C(C)=N)cc2)c1. The third kappa shape index (κ3) is 5.04. The minimum atomic E-state index is -1.18. The fraction of sp³-hybridized carbons (Fsp3) is 0.0769. The van der Waals surface area contributed by atoms with Crippen molar-refractivity contribution in [2.45, 2.75) is 6.92 Å². The Morgan fingerprint density at radius 1 is 0.939 bits per heavy atom. The largest absolute Gasteiger partial charge is 0.478 e. The maximum atomic E-state index is 13.2. The van der Waals surface area contributed by atoms with Crippen molar-refractivity contribution in [3.8, 4) is 11.1 Å². The van der Waals surface area contributed by atoms with E-state index in [-0.39, 0.29) is 16.7 Å². The fourth-order valence-corrected chi connectivity index (χ4v) is 3.30. The van der Waals surface area contributed by atoms with Gasteiger partial charge in [-0.2, -0.15) is 0 Å². The average Bonchev–Trinajstić information content (AvgIpc) is 2.83. The van der Waals surface area contributed by atoms with Gasteiger partial charge in [-0.05, 0) is 59.5 Å². The topological polar surface area (TPSA) is 117 Å². The first-order chi connectivity index (χ1) is 15.7. The molecule has 0 aliphatic heterocycles. The van der Waals surface area contributed by atoms with Crippen LogP contribution in [-0.2, 0) is 4.74 Å². The molecule has 0 aliphatic carbocycles. The number of carbonyl (C=O) groups excluding carboxylic acids is 2. The van der Waals surface area contributed by atoms with Gasteiger partial charge in [0, 0.05) is 17.0 Å². The maximum absolute atomic E-state index is 13.2. The highest BCUT2D eigenvalue weighted by molar-refractivity contribution is 6.11. The number of anilines is 1. The van der Waals surface area contributed by atoms with E-state index in [1.807, 2.05) is 0 Å². The molecule has 3 aromatic rings. The monoisotopic (exact) mass is 442 g/mol. The Labute approximate surface area is 190 Å². The molecule has 0 saturated heterocycles. The maximum Gasteiger partial charge on any atom is 0.338 e. The van der Waals surface area contributed by atoms with E-state index in [0.29, 0.717) is 28.1 Å².